The highest BCUT2D eigenvalue weighted by molar-refractivity contribution is 6.42. The number of carbonyl (C=O) groups is 1. The minimum absolute atomic E-state index is 0.158. The smallest absolute Gasteiger partial charge is 0.271 e. The molecule has 0 heterocycles. The maximum Gasteiger partial charge on any atom is 0.271 e. The number of nitro groups is 1. The van der Waals surface area contributed by atoms with E-state index in [-0.39, 0.29) is 28.3 Å². The summed E-state index contributed by atoms with van der Waals surface area (Å²) >= 11 is 17.9. The third-order valence-corrected chi connectivity index (χ3v) is 4.82. The number of hydrogen-bond donors (Lipinski definition) is 2. The van der Waals surface area contributed by atoms with Gasteiger partial charge in [0, 0.05) is 18.2 Å². The van der Waals surface area contributed by atoms with Gasteiger partial charge in [0.2, 0.25) is 5.91 Å². The minimum Gasteiger partial charge on any atom is -0.323 e. The predicted octanol–water partition coefficient (Wildman–Crippen LogP) is 5.23. The Morgan fingerprint density at radius 1 is 1.04 bits per heavy atom. The molecule has 0 spiro atoms. The molecule has 1 amide bonds. The zero-order valence-corrected chi connectivity index (χ0v) is 16.2. The maximum absolute atomic E-state index is 12.4. The Balaban J connectivity index is 2.06. The van der Waals surface area contributed by atoms with Gasteiger partial charge in [0.1, 0.15) is 0 Å². The number of halogens is 3. The second-order valence-corrected chi connectivity index (χ2v) is 6.92. The largest absolute Gasteiger partial charge is 0.323 e. The van der Waals surface area contributed by atoms with Crippen LogP contribution in [0.15, 0.2) is 36.4 Å². The van der Waals surface area contributed by atoms with E-state index in [1.807, 2.05) is 13.0 Å². The summed E-state index contributed by atoms with van der Waals surface area (Å²) in [7, 11) is 0. The Morgan fingerprint density at radius 2 is 1.69 bits per heavy atom. The molecule has 0 radical (unpaired) electrons. The highest BCUT2D eigenvalue weighted by atomic mass is 35.5. The molecule has 0 saturated carbocycles. The summed E-state index contributed by atoms with van der Waals surface area (Å²) < 4.78 is 0. The van der Waals surface area contributed by atoms with E-state index in [0.29, 0.717) is 10.0 Å². The predicted molar refractivity (Wildman–Crippen MR) is 104 cm³/mol. The van der Waals surface area contributed by atoms with Crippen LogP contribution in [-0.4, -0.2) is 16.9 Å². The fourth-order valence-electron chi connectivity index (χ4n) is 2.29. The SMILES string of the molecule is C[C@@H](N[C@H](C)c1ccc(Cl)c(Cl)c1)C(=O)Nc1cc([N+](=O)[O-])ccc1Cl. The average Bonchev–Trinajstić information content (AvgIpc) is 2.58. The number of benzene rings is 2. The molecule has 2 rings (SSSR count). The first-order chi connectivity index (χ1) is 12.2. The minimum atomic E-state index is -0.588. The molecule has 9 heteroatoms. The highest BCUT2D eigenvalue weighted by Crippen LogP contribution is 2.28. The van der Waals surface area contributed by atoms with E-state index < -0.39 is 11.0 Å². The van der Waals surface area contributed by atoms with Gasteiger partial charge in [0.05, 0.1) is 31.7 Å². The van der Waals surface area contributed by atoms with Crippen molar-refractivity contribution in [3.63, 3.8) is 0 Å². The molecule has 0 bridgehead atoms. The lowest BCUT2D eigenvalue weighted by Crippen LogP contribution is -2.39. The molecule has 0 aliphatic carbocycles. The summed E-state index contributed by atoms with van der Waals surface area (Å²) in [5, 5.41) is 17.7. The Hall–Kier alpha value is -1.86. The molecule has 0 aromatic heterocycles. The van der Waals surface area contributed by atoms with Crippen LogP contribution in [0.4, 0.5) is 11.4 Å². The number of carbonyl (C=O) groups excluding carboxylic acids is 1. The van der Waals surface area contributed by atoms with Crippen molar-refractivity contribution >= 4 is 52.1 Å². The van der Waals surface area contributed by atoms with Gasteiger partial charge in [-0.15, -0.1) is 0 Å². The van der Waals surface area contributed by atoms with Crippen molar-refractivity contribution in [3.8, 4) is 0 Å². The van der Waals surface area contributed by atoms with Gasteiger partial charge in [-0.2, -0.15) is 0 Å². The first-order valence-electron chi connectivity index (χ1n) is 7.65. The van der Waals surface area contributed by atoms with Crippen molar-refractivity contribution in [1.82, 2.24) is 5.32 Å². The molecule has 6 nitrogen and oxygen atoms in total. The van der Waals surface area contributed by atoms with Gasteiger partial charge in [0.25, 0.3) is 5.69 Å². The summed E-state index contributed by atoms with van der Waals surface area (Å²) in [5.74, 6) is -0.376. The van der Waals surface area contributed by atoms with Crippen LogP contribution in [-0.2, 0) is 4.79 Å². The highest BCUT2D eigenvalue weighted by Gasteiger charge is 2.19. The normalized spacial score (nSPS) is 13.1. The quantitative estimate of drug-likeness (QED) is 0.498. The molecular formula is C17H16Cl3N3O3. The van der Waals surface area contributed by atoms with Crippen molar-refractivity contribution in [1.29, 1.82) is 0 Å². The molecule has 0 fully saturated rings. The van der Waals surface area contributed by atoms with Crippen LogP contribution in [0.3, 0.4) is 0 Å². The summed E-state index contributed by atoms with van der Waals surface area (Å²) in [5.41, 5.74) is 0.892. The van der Waals surface area contributed by atoms with E-state index in [1.54, 1.807) is 19.1 Å². The Kier molecular flexibility index (Phi) is 6.83. The number of nitro benzene ring substituents is 1. The van der Waals surface area contributed by atoms with E-state index >= 15 is 0 Å². The van der Waals surface area contributed by atoms with Gasteiger partial charge >= 0.3 is 0 Å². The second kappa shape index (κ2) is 8.68. The maximum atomic E-state index is 12.4. The first kappa shape index (κ1) is 20.5. The van der Waals surface area contributed by atoms with Crippen molar-refractivity contribution in [2.24, 2.45) is 0 Å². The first-order valence-corrected chi connectivity index (χ1v) is 8.78. The van der Waals surface area contributed by atoms with Crippen molar-refractivity contribution in [3.05, 3.63) is 67.1 Å². The Labute approximate surface area is 165 Å². The van der Waals surface area contributed by atoms with Crippen LogP contribution in [0.2, 0.25) is 15.1 Å². The van der Waals surface area contributed by atoms with Gasteiger partial charge in [-0.3, -0.25) is 20.2 Å². The van der Waals surface area contributed by atoms with Crippen LogP contribution in [0, 0.1) is 10.1 Å². The summed E-state index contributed by atoms with van der Waals surface area (Å²) in [4.78, 5) is 22.7. The van der Waals surface area contributed by atoms with Gasteiger partial charge in [-0.25, -0.2) is 0 Å². The van der Waals surface area contributed by atoms with Crippen molar-refractivity contribution < 1.29 is 9.72 Å². The number of hydrogen-bond acceptors (Lipinski definition) is 4. The summed E-state index contributed by atoms with van der Waals surface area (Å²) in [6.07, 6.45) is 0. The number of nitrogens with zero attached hydrogens (tertiary/aromatic N) is 1. The number of rotatable bonds is 6. The van der Waals surface area contributed by atoms with Gasteiger partial charge in [-0.1, -0.05) is 40.9 Å². The van der Waals surface area contributed by atoms with Gasteiger partial charge in [0.15, 0.2) is 0 Å². The van der Waals surface area contributed by atoms with Crippen LogP contribution in [0.25, 0.3) is 0 Å². The number of amides is 1. The van der Waals surface area contributed by atoms with Gasteiger partial charge in [-0.05, 0) is 37.6 Å². The molecule has 138 valence electrons. The lowest BCUT2D eigenvalue weighted by atomic mass is 10.1. The second-order valence-electron chi connectivity index (χ2n) is 5.69. The fourth-order valence-corrected chi connectivity index (χ4v) is 2.76. The zero-order chi connectivity index (χ0) is 19.4. The van der Waals surface area contributed by atoms with E-state index in [9.17, 15) is 14.9 Å². The lowest BCUT2D eigenvalue weighted by molar-refractivity contribution is -0.384. The summed E-state index contributed by atoms with van der Waals surface area (Å²) in [6.45, 7) is 3.55. The number of anilines is 1. The topological polar surface area (TPSA) is 84.3 Å². The standard InChI is InChI=1S/C17H16Cl3N3O3/c1-9(11-3-5-13(18)15(20)7-11)21-10(2)17(24)22-16-8-12(23(25)26)4-6-14(16)19/h3-10,21H,1-2H3,(H,22,24)/t9-,10-/m1/s1. The van der Waals surface area contributed by atoms with Crippen LogP contribution < -0.4 is 10.6 Å². The molecule has 0 saturated heterocycles. The fraction of sp³-hybridized carbons (Fsp3) is 0.235. The van der Waals surface area contributed by atoms with E-state index in [2.05, 4.69) is 10.6 Å². The molecule has 2 aromatic carbocycles. The van der Waals surface area contributed by atoms with E-state index in [4.69, 9.17) is 34.8 Å². The third kappa shape index (κ3) is 5.08. The Bertz CT molecular complexity index is 845. The molecule has 0 unspecified atom stereocenters. The van der Waals surface area contributed by atoms with Crippen molar-refractivity contribution in [2.75, 3.05) is 5.32 Å². The van der Waals surface area contributed by atoms with E-state index in [1.165, 1.54) is 18.2 Å². The van der Waals surface area contributed by atoms with Crippen LogP contribution in [0.5, 0.6) is 0 Å². The van der Waals surface area contributed by atoms with Crippen molar-refractivity contribution in [2.45, 2.75) is 25.9 Å². The third-order valence-electron chi connectivity index (χ3n) is 3.76. The Morgan fingerprint density at radius 3 is 2.31 bits per heavy atom. The van der Waals surface area contributed by atoms with Crippen LogP contribution >= 0.6 is 34.8 Å². The zero-order valence-electron chi connectivity index (χ0n) is 13.9. The average molecular weight is 417 g/mol. The summed E-state index contributed by atoms with van der Waals surface area (Å²) in [6, 6.07) is 8.32. The van der Waals surface area contributed by atoms with E-state index in [0.717, 1.165) is 5.56 Å². The molecule has 0 aliphatic rings. The molecule has 26 heavy (non-hydrogen) atoms. The number of nitrogens with one attached hydrogen (secondary N) is 2. The van der Waals surface area contributed by atoms with Crippen LogP contribution in [0.1, 0.15) is 25.5 Å². The molecule has 0 aliphatic heterocycles. The molecule has 2 aromatic rings. The number of non-ortho nitro benzene ring substituents is 1. The lowest BCUT2D eigenvalue weighted by Gasteiger charge is -2.20. The molecular weight excluding hydrogens is 401 g/mol. The monoisotopic (exact) mass is 415 g/mol. The molecule has 2 N–H and O–H groups in total. The molecule has 2 atom stereocenters. The van der Waals surface area contributed by atoms with Gasteiger partial charge < -0.3 is 5.32 Å².